The van der Waals surface area contributed by atoms with Crippen LogP contribution in [0.1, 0.15) is 12.8 Å². The third kappa shape index (κ3) is 2.76. The van der Waals surface area contributed by atoms with Crippen molar-refractivity contribution in [2.24, 2.45) is 0 Å². The van der Waals surface area contributed by atoms with E-state index in [0.717, 1.165) is 0 Å². The van der Waals surface area contributed by atoms with Gasteiger partial charge in [0.05, 0.1) is 0 Å². The Morgan fingerprint density at radius 1 is 0.944 bits per heavy atom. The van der Waals surface area contributed by atoms with Crippen LogP contribution in [0.4, 0.5) is 27.6 Å². The summed E-state index contributed by atoms with van der Waals surface area (Å²) >= 11 is 0. The number of hydrogen-bond donors (Lipinski definition) is 2. The average molecular weight is 269 g/mol. The van der Waals surface area contributed by atoms with Crippen molar-refractivity contribution in [1.82, 2.24) is 0 Å². The van der Waals surface area contributed by atoms with Crippen molar-refractivity contribution in [2.75, 3.05) is 11.9 Å². The van der Waals surface area contributed by atoms with E-state index in [1.807, 2.05) is 0 Å². The predicted octanol–water partition coefficient (Wildman–Crippen LogP) is 2.09. The summed E-state index contributed by atoms with van der Waals surface area (Å²) in [6, 6.07) is 0. The van der Waals surface area contributed by atoms with Gasteiger partial charge < -0.3 is 10.4 Å². The summed E-state index contributed by atoms with van der Waals surface area (Å²) in [5.41, 5.74) is -1.39. The van der Waals surface area contributed by atoms with Crippen LogP contribution < -0.4 is 5.32 Å². The molecule has 0 aromatic heterocycles. The summed E-state index contributed by atoms with van der Waals surface area (Å²) in [5, 5.41) is 9.99. The predicted molar refractivity (Wildman–Crippen MR) is 51.2 cm³/mol. The van der Waals surface area contributed by atoms with Crippen molar-refractivity contribution in [2.45, 2.75) is 12.8 Å². The van der Waals surface area contributed by atoms with Crippen molar-refractivity contribution in [3.63, 3.8) is 0 Å². The number of nitrogens with one attached hydrogen (secondary N) is 1. The maximum Gasteiger partial charge on any atom is 0.224 e. The molecule has 0 fully saturated rings. The molecule has 0 unspecified atom stereocenters. The molecule has 1 aromatic rings. The van der Waals surface area contributed by atoms with Gasteiger partial charge in [0.2, 0.25) is 11.7 Å². The van der Waals surface area contributed by atoms with Crippen molar-refractivity contribution in [1.29, 1.82) is 0 Å². The van der Waals surface area contributed by atoms with Crippen molar-refractivity contribution < 1.29 is 31.9 Å². The standard InChI is InChI=1S/C10H8F5NO2/c11-5-6(12)8(14)10(9(15)7(5)13)16-4(18)2-1-3-17/h17H,1-3H2,(H,16,18). The molecule has 2 N–H and O–H groups in total. The van der Waals surface area contributed by atoms with Gasteiger partial charge in [0.15, 0.2) is 23.3 Å². The number of benzene rings is 1. The Labute approximate surface area is 98.2 Å². The summed E-state index contributed by atoms with van der Waals surface area (Å²) in [6.45, 7) is -0.343. The molecule has 0 aliphatic carbocycles. The Balaban J connectivity index is 3.06. The minimum absolute atomic E-state index is 0.00122. The van der Waals surface area contributed by atoms with Gasteiger partial charge in [-0.3, -0.25) is 4.79 Å². The van der Waals surface area contributed by atoms with Crippen molar-refractivity contribution in [3.8, 4) is 0 Å². The van der Waals surface area contributed by atoms with Gasteiger partial charge in [-0.15, -0.1) is 0 Å². The quantitative estimate of drug-likeness (QED) is 0.499. The number of anilines is 1. The van der Waals surface area contributed by atoms with E-state index in [9.17, 15) is 26.7 Å². The molecular weight excluding hydrogens is 261 g/mol. The van der Waals surface area contributed by atoms with Crippen molar-refractivity contribution >= 4 is 11.6 Å². The molecule has 1 rings (SSSR count). The fraction of sp³-hybridized carbons (Fsp3) is 0.300. The molecule has 100 valence electrons. The first-order valence-electron chi connectivity index (χ1n) is 4.82. The van der Waals surface area contributed by atoms with Crippen molar-refractivity contribution in [3.05, 3.63) is 29.1 Å². The fourth-order valence-electron chi connectivity index (χ4n) is 1.16. The van der Waals surface area contributed by atoms with Crippen LogP contribution in [0.5, 0.6) is 0 Å². The van der Waals surface area contributed by atoms with Gasteiger partial charge in [-0.2, -0.15) is 0 Å². The molecule has 0 saturated carbocycles. The van der Waals surface area contributed by atoms with Crippen LogP contribution in [-0.2, 0) is 4.79 Å². The monoisotopic (exact) mass is 269 g/mol. The molecule has 0 aliphatic heterocycles. The van der Waals surface area contributed by atoms with Crippen LogP contribution in [-0.4, -0.2) is 17.6 Å². The third-order valence-corrected chi connectivity index (χ3v) is 2.04. The molecule has 0 heterocycles. The summed E-state index contributed by atoms with van der Waals surface area (Å²) in [5.74, 6) is -11.7. The van der Waals surface area contributed by atoms with Crippen LogP contribution >= 0.6 is 0 Å². The first-order chi connectivity index (χ1) is 8.40. The normalized spacial score (nSPS) is 10.6. The topological polar surface area (TPSA) is 49.3 Å². The van der Waals surface area contributed by atoms with Gasteiger partial charge in [0.25, 0.3) is 0 Å². The van der Waals surface area contributed by atoms with Crippen LogP contribution in [0.25, 0.3) is 0 Å². The molecule has 3 nitrogen and oxygen atoms in total. The van der Waals surface area contributed by atoms with E-state index in [2.05, 4.69) is 0 Å². The zero-order chi connectivity index (χ0) is 13.9. The Bertz CT molecular complexity index is 449. The zero-order valence-corrected chi connectivity index (χ0v) is 8.87. The molecule has 8 heteroatoms. The Hall–Kier alpha value is -1.70. The Morgan fingerprint density at radius 2 is 1.39 bits per heavy atom. The highest BCUT2D eigenvalue weighted by molar-refractivity contribution is 5.90. The molecule has 0 aliphatic rings. The maximum atomic E-state index is 13.1. The minimum Gasteiger partial charge on any atom is -0.396 e. The van der Waals surface area contributed by atoms with E-state index in [0.29, 0.717) is 0 Å². The van der Waals surface area contributed by atoms with Gasteiger partial charge in [0.1, 0.15) is 5.69 Å². The summed E-state index contributed by atoms with van der Waals surface area (Å²) in [6.07, 6.45) is -0.308. The maximum absolute atomic E-state index is 13.1. The summed E-state index contributed by atoms with van der Waals surface area (Å²) in [4.78, 5) is 11.1. The fourth-order valence-corrected chi connectivity index (χ4v) is 1.16. The van der Waals surface area contributed by atoms with E-state index < -0.39 is 40.7 Å². The highest BCUT2D eigenvalue weighted by atomic mass is 19.2. The number of hydrogen-bond acceptors (Lipinski definition) is 2. The van der Waals surface area contributed by atoms with Gasteiger partial charge in [0, 0.05) is 13.0 Å². The second kappa shape index (κ2) is 5.76. The first-order valence-corrected chi connectivity index (χ1v) is 4.82. The minimum atomic E-state index is -2.29. The first kappa shape index (κ1) is 14.4. The van der Waals surface area contributed by atoms with E-state index in [1.54, 1.807) is 5.32 Å². The van der Waals surface area contributed by atoms with Crippen LogP contribution in [0.2, 0.25) is 0 Å². The van der Waals surface area contributed by atoms with E-state index in [1.165, 1.54) is 0 Å². The number of carbonyl (C=O) groups excluding carboxylic acids is 1. The van der Waals surface area contributed by atoms with Crippen LogP contribution in [0.3, 0.4) is 0 Å². The number of aliphatic hydroxyl groups is 1. The molecule has 18 heavy (non-hydrogen) atoms. The molecular formula is C10H8F5NO2. The van der Waals surface area contributed by atoms with E-state index in [-0.39, 0.29) is 19.4 Å². The molecule has 0 spiro atoms. The third-order valence-electron chi connectivity index (χ3n) is 2.04. The number of aliphatic hydroxyl groups excluding tert-OH is 1. The number of halogens is 5. The lowest BCUT2D eigenvalue weighted by atomic mass is 10.2. The summed E-state index contributed by atoms with van der Waals surface area (Å²) in [7, 11) is 0. The second-order valence-corrected chi connectivity index (χ2v) is 3.32. The molecule has 0 radical (unpaired) electrons. The van der Waals surface area contributed by atoms with Gasteiger partial charge in [-0.25, -0.2) is 22.0 Å². The second-order valence-electron chi connectivity index (χ2n) is 3.32. The number of carbonyl (C=O) groups is 1. The highest BCUT2D eigenvalue weighted by Crippen LogP contribution is 2.27. The van der Waals surface area contributed by atoms with Gasteiger partial charge in [-0.1, -0.05) is 0 Å². The Kier molecular flexibility index (Phi) is 4.60. The van der Waals surface area contributed by atoms with E-state index >= 15 is 0 Å². The molecule has 1 amide bonds. The summed E-state index contributed by atoms with van der Waals surface area (Å²) < 4.78 is 64.4. The molecule has 1 aromatic carbocycles. The smallest absolute Gasteiger partial charge is 0.224 e. The zero-order valence-electron chi connectivity index (χ0n) is 8.87. The molecule has 0 saturated heterocycles. The SMILES string of the molecule is O=C(CCCO)Nc1c(F)c(F)c(F)c(F)c1F. The molecule has 0 bridgehead atoms. The average Bonchev–Trinajstić information content (AvgIpc) is 2.36. The lowest BCUT2D eigenvalue weighted by Gasteiger charge is -2.09. The lowest BCUT2D eigenvalue weighted by molar-refractivity contribution is -0.116. The molecule has 0 atom stereocenters. The van der Waals surface area contributed by atoms with E-state index in [4.69, 9.17) is 5.11 Å². The number of rotatable bonds is 4. The van der Waals surface area contributed by atoms with Gasteiger partial charge in [-0.05, 0) is 6.42 Å². The Morgan fingerprint density at radius 3 is 1.83 bits per heavy atom. The number of amides is 1. The highest BCUT2D eigenvalue weighted by Gasteiger charge is 2.26. The lowest BCUT2D eigenvalue weighted by Crippen LogP contribution is -2.16. The van der Waals surface area contributed by atoms with Crippen LogP contribution in [0.15, 0.2) is 0 Å². The largest absolute Gasteiger partial charge is 0.396 e. The van der Waals surface area contributed by atoms with Gasteiger partial charge >= 0.3 is 0 Å². The van der Waals surface area contributed by atoms with Crippen LogP contribution in [0, 0.1) is 29.1 Å².